The van der Waals surface area contributed by atoms with Crippen molar-refractivity contribution in [3.8, 4) is 0 Å². The fourth-order valence-electron chi connectivity index (χ4n) is 2.01. The van der Waals surface area contributed by atoms with Crippen molar-refractivity contribution in [2.45, 2.75) is 52.4 Å². The summed E-state index contributed by atoms with van der Waals surface area (Å²) in [5, 5.41) is 0. The first-order valence-electron chi connectivity index (χ1n) is 6.70. The Balaban J connectivity index is 3.36. The highest BCUT2D eigenvalue weighted by Crippen LogP contribution is 2.22. The van der Waals surface area contributed by atoms with Crippen LogP contribution in [0.4, 0.5) is 0 Å². The molecule has 16 heavy (non-hydrogen) atoms. The quantitative estimate of drug-likeness (QED) is 0.501. The van der Waals surface area contributed by atoms with Gasteiger partial charge in [0.2, 0.25) is 0 Å². The van der Waals surface area contributed by atoms with Crippen LogP contribution in [0.25, 0.3) is 0 Å². The van der Waals surface area contributed by atoms with Crippen LogP contribution in [0, 0.1) is 11.8 Å². The SMILES string of the molecule is COCCCCCC(C)C(C)CCCOC. The number of unbranched alkanes of at least 4 members (excludes halogenated alkanes) is 2. The van der Waals surface area contributed by atoms with E-state index in [0.717, 1.165) is 25.0 Å². The van der Waals surface area contributed by atoms with Gasteiger partial charge in [-0.3, -0.25) is 0 Å². The van der Waals surface area contributed by atoms with Gasteiger partial charge in [0.1, 0.15) is 0 Å². The van der Waals surface area contributed by atoms with Gasteiger partial charge < -0.3 is 9.47 Å². The molecule has 0 rings (SSSR count). The Bertz CT molecular complexity index is 137. The van der Waals surface area contributed by atoms with Crippen LogP contribution in [0.5, 0.6) is 0 Å². The van der Waals surface area contributed by atoms with E-state index in [-0.39, 0.29) is 0 Å². The van der Waals surface area contributed by atoms with Gasteiger partial charge in [-0.05, 0) is 31.1 Å². The third-order valence-corrected chi connectivity index (χ3v) is 3.49. The van der Waals surface area contributed by atoms with E-state index in [1.165, 1.54) is 38.5 Å². The molecular formula is C14H30O2. The molecule has 2 heteroatoms. The lowest BCUT2D eigenvalue weighted by Crippen LogP contribution is -2.09. The molecule has 0 aromatic carbocycles. The molecule has 98 valence electrons. The molecule has 0 fully saturated rings. The van der Waals surface area contributed by atoms with E-state index in [2.05, 4.69) is 13.8 Å². The minimum absolute atomic E-state index is 0.831. The van der Waals surface area contributed by atoms with E-state index >= 15 is 0 Å². The smallest absolute Gasteiger partial charge is 0.0462 e. The summed E-state index contributed by atoms with van der Waals surface area (Å²) >= 11 is 0. The van der Waals surface area contributed by atoms with Crippen molar-refractivity contribution in [1.29, 1.82) is 0 Å². The zero-order valence-electron chi connectivity index (χ0n) is 11.6. The van der Waals surface area contributed by atoms with Crippen molar-refractivity contribution in [3.63, 3.8) is 0 Å². The van der Waals surface area contributed by atoms with Crippen LogP contribution in [0.1, 0.15) is 52.4 Å². The van der Waals surface area contributed by atoms with Crippen LogP contribution in [-0.4, -0.2) is 27.4 Å². The van der Waals surface area contributed by atoms with Gasteiger partial charge >= 0.3 is 0 Å². The van der Waals surface area contributed by atoms with E-state index in [9.17, 15) is 0 Å². The number of rotatable bonds is 11. The number of hydrogen-bond donors (Lipinski definition) is 0. The summed E-state index contributed by atoms with van der Waals surface area (Å²) in [6, 6.07) is 0. The second-order valence-corrected chi connectivity index (χ2v) is 4.93. The van der Waals surface area contributed by atoms with Gasteiger partial charge in [0.15, 0.2) is 0 Å². The predicted molar refractivity (Wildman–Crippen MR) is 69.8 cm³/mol. The topological polar surface area (TPSA) is 18.5 Å². The second kappa shape index (κ2) is 11.4. The molecule has 0 aliphatic heterocycles. The highest BCUT2D eigenvalue weighted by Gasteiger charge is 2.11. The van der Waals surface area contributed by atoms with Crippen LogP contribution in [0.3, 0.4) is 0 Å². The number of ether oxygens (including phenoxy) is 2. The maximum Gasteiger partial charge on any atom is 0.0462 e. The lowest BCUT2D eigenvalue weighted by atomic mass is 9.87. The Kier molecular flexibility index (Phi) is 11.3. The molecule has 0 heterocycles. The van der Waals surface area contributed by atoms with E-state index in [1.807, 2.05) is 0 Å². The number of hydrogen-bond acceptors (Lipinski definition) is 2. The van der Waals surface area contributed by atoms with E-state index in [0.29, 0.717) is 0 Å². The highest BCUT2D eigenvalue weighted by molar-refractivity contribution is 4.62. The Morgan fingerprint density at radius 2 is 1.19 bits per heavy atom. The minimum atomic E-state index is 0.831. The summed E-state index contributed by atoms with van der Waals surface area (Å²) in [5.74, 6) is 1.68. The minimum Gasteiger partial charge on any atom is -0.385 e. The first-order chi connectivity index (χ1) is 7.72. The number of methoxy groups -OCH3 is 2. The average Bonchev–Trinajstić information content (AvgIpc) is 2.28. The van der Waals surface area contributed by atoms with Crippen LogP contribution in [0.2, 0.25) is 0 Å². The third-order valence-electron chi connectivity index (χ3n) is 3.49. The normalized spacial score (nSPS) is 15.0. The summed E-state index contributed by atoms with van der Waals surface area (Å²) < 4.78 is 10.1. The van der Waals surface area contributed by atoms with E-state index < -0.39 is 0 Å². The largest absolute Gasteiger partial charge is 0.385 e. The first kappa shape index (κ1) is 15.9. The molecule has 0 bridgehead atoms. The zero-order valence-corrected chi connectivity index (χ0v) is 11.6. The van der Waals surface area contributed by atoms with Gasteiger partial charge in [-0.25, -0.2) is 0 Å². The Labute approximate surface area is 102 Å². The lowest BCUT2D eigenvalue weighted by molar-refractivity contribution is 0.180. The van der Waals surface area contributed by atoms with Gasteiger partial charge in [0, 0.05) is 27.4 Å². The molecule has 0 aromatic rings. The van der Waals surface area contributed by atoms with Gasteiger partial charge in [-0.1, -0.05) is 33.1 Å². The van der Waals surface area contributed by atoms with Crippen molar-refractivity contribution < 1.29 is 9.47 Å². The van der Waals surface area contributed by atoms with Crippen molar-refractivity contribution in [3.05, 3.63) is 0 Å². The Morgan fingerprint density at radius 1 is 0.688 bits per heavy atom. The Morgan fingerprint density at radius 3 is 1.75 bits per heavy atom. The van der Waals surface area contributed by atoms with Crippen LogP contribution in [0.15, 0.2) is 0 Å². The zero-order chi connectivity index (χ0) is 12.2. The summed E-state index contributed by atoms with van der Waals surface area (Å²) in [5.41, 5.74) is 0. The molecule has 0 aliphatic carbocycles. The predicted octanol–water partition coefficient (Wildman–Crippen LogP) is 3.89. The summed E-state index contributed by atoms with van der Waals surface area (Å²) in [6.45, 7) is 6.58. The van der Waals surface area contributed by atoms with Crippen molar-refractivity contribution >= 4 is 0 Å². The van der Waals surface area contributed by atoms with Gasteiger partial charge in [0.05, 0.1) is 0 Å². The summed E-state index contributed by atoms with van der Waals surface area (Å²) in [4.78, 5) is 0. The van der Waals surface area contributed by atoms with Crippen LogP contribution >= 0.6 is 0 Å². The molecule has 0 N–H and O–H groups in total. The fourth-order valence-corrected chi connectivity index (χ4v) is 2.01. The average molecular weight is 230 g/mol. The van der Waals surface area contributed by atoms with Crippen molar-refractivity contribution in [1.82, 2.24) is 0 Å². The fraction of sp³-hybridized carbons (Fsp3) is 1.00. The molecule has 0 amide bonds. The van der Waals surface area contributed by atoms with E-state index in [4.69, 9.17) is 9.47 Å². The summed E-state index contributed by atoms with van der Waals surface area (Å²) in [6.07, 6.45) is 7.72. The molecule has 2 unspecified atom stereocenters. The monoisotopic (exact) mass is 230 g/mol. The van der Waals surface area contributed by atoms with Gasteiger partial charge in [-0.15, -0.1) is 0 Å². The van der Waals surface area contributed by atoms with Gasteiger partial charge in [-0.2, -0.15) is 0 Å². The maximum atomic E-state index is 5.08. The van der Waals surface area contributed by atoms with E-state index in [1.54, 1.807) is 14.2 Å². The molecule has 0 radical (unpaired) electrons. The summed E-state index contributed by atoms with van der Waals surface area (Å²) in [7, 11) is 3.56. The Hall–Kier alpha value is -0.0800. The maximum absolute atomic E-state index is 5.08. The molecule has 2 atom stereocenters. The second-order valence-electron chi connectivity index (χ2n) is 4.93. The van der Waals surface area contributed by atoms with Crippen LogP contribution in [-0.2, 0) is 9.47 Å². The molecule has 2 nitrogen and oxygen atoms in total. The molecule has 0 aliphatic rings. The molecule has 0 saturated carbocycles. The first-order valence-corrected chi connectivity index (χ1v) is 6.70. The highest BCUT2D eigenvalue weighted by atomic mass is 16.5. The molecule has 0 aromatic heterocycles. The lowest BCUT2D eigenvalue weighted by Gasteiger charge is -2.19. The van der Waals surface area contributed by atoms with Gasteiger partial charge in [0.25, 0.3) is 0 Å². The molecular weight excluding hydrogens is 200 g/mol. The van der Waals surface area contributed by atoms with Crippen molar-refractivity contribution in [2.24, 2.45) is 11.8 Å². The molecule has 0 saturated heterocycles. The third kappa shape index (κ3) is 9.17. The van der Waals surface area contributed by atoms with Crippen LogP contribution < -0.4 is 0 Å². The molecule has 0 spiro atoms. The van der Waals surface area contributed by atoms with Crippen molar-refractivity contribution in [2.75, 3.05) is 27.4 Å². The standard InChI is InChI=1S/C14H30O2/c1-13(9-6-5-7-11-15-3)14(2)10-8-12-16-4/h13-14H,5-12H2,1-4H3.